The van der Waals surface area contributed by atoms with Crippen molar-refractivity contribution in [1.29, 1.82) is 0 Å². The molecule has 0 saturated carbocycles. The van der Waals surface area contributed by atoms with Crippen molar-refractivity contribution < 1.29 is 19.6 Å². The highest BCUT2D eigenvalue weighted by Gasteiger charge is 2.33. The van der Waals surface area contributed by atoms with Gasteiger partial charge in [0, 0.05) is 22.2 Å². The molecule has 1 atom stereocenters. The number of benzene rings is 1. The summed E-state index contributed by atoms with van der Waals surface area (Å²) in [6, 6.07) is 2.64. The van der Waals surface area contributed by atoms with Crippen LogP contribution in [0.1, 0.15) is 31.1 Å². The number of nitrogens with one attached hydrogen (secondary N) is 1. The Hall–Kier alpha value is -1.96. The van der Waals surface area contributed by atoms with E-state index in [0.717, 1.165) is 6.07 Å². The molecule has 1 amide bonds. The molecule has 0 radical (unpaired) electrons. The number of carbonyl (C=O) groups is 2. The molecule has 8 heteroatoms. The highest BCUT2D eigenvalue weighted by Crippen LogP contribution is 2.23. The molecule has 0 heterocycles. The Morgan fingerprint density at radius 3 is 2.33 bits per heavy atom. The number of nitro benzene ring substituents is 1. The van der Waals surface area contributed by atoms with Crippen LogP contribution in [0.5, 0.6) is 0 Å². The number of nitro groups is 1. The van der Waals surface area contributed by atoms with Crippen LogP contribution in [0.3, 0.4) is 0 Å². The number of nitrogens with zero attached hydrogens (tertiary/aromatic N) is 1. The van der Waals surface area contributed by atoms with Crippen LogP contribution in [0.25, 0.3) is 0 Å². The van der Waals surface area contributed by atoms with Crippen LogP contribution in [-0.2, 0) is 4.79 Å². The average Bonchev–Trinajstić information content (AvgIpc) is 2.32. The third-order valence-electron chi connectivity index (χ3n) is 2.74. The third kappa shape index (κ3) is 4.52. The van der Waals surface area contributed by atoms with Gasteiger partial charge in [-0.3, -0.25) is 14.9 Å². The first-order chi connectivity index (χ1) is 9.52. The van der Waals surface area contributed by atoms with Gasteiger partial charge in [-0.2, -0.15) is 0 Å². The SMILES string of the molecule is CC(C)(C)[C@H](NC(=O)c1cc(Br)cc([N+](=O)[O-])c1)C(=O)O. The van der Waals surface area contributed by atoms with Gasteiger partial charge < -0.3 is 10.4 Å². The predicted octanol–water partition coefficient (Wildman–Crippen LogP) is 2.59. The van der Waals surface area contributed by atoms with Crippen molar-refractivity contribution in [3.05, 3.63) is 38.3 Å². The summed E-state index contributed by atoms with van der Waals surface area (Å²) in [5.74, 6) is -1.85. The summed E-state index contributed by atoms with van der Waals surface area (Å²) in [6.07, 6.45) is 0. The second-order valence-electron chi connectivity index (χ2n) is 5.57. The smallest absolute Gasteiger partial charge is 0.326 e. The number of amides is 1. The minimum Gasteiger partial charge on any atom is -0.480 e. The van der Waals surface area contributed by atoms with Gasteiger partial charge in [-0.05, 0) is 11.5 Å². The summed E-state index contributed by atoms with van der Waals surface area (Å²) in [6.45, 7) is 5.03. The van der Waals surface area contributed by atoms with Crippen molar-refractivity contribution in [3.8, 4) is 0 Å². The number of hydrogen-bond acceptors (Lipinski definition) is 4. The van der Waals surface area contributed by atoms with E-state index in [0.29, 0.717) is 4.47 Å². The Kier molecular flexibility index (Phi) is 5.06. The van der Waals surface area contributed by atoms with Crippen molar-refractivity contribution in [1.82, 2.24) is 5.32 Å². The zero-order valence-electron chi connectivity index (χ0n) is 11.7. The van der Waals surface area contributed by atoms with Gasteiger partial charge in [0.05, 0.1) is 4.92 Å². The molecule has 1 aromatic carbocycles. The van der Waals surface area contributed by atoms with Gasteiger partial charge in [0.25, 0.3) is 11.6 Å². The van der Waals surface area contributed by atoms with E-state index < -0.39 is 28.3 Å². The number of carboxylic acids is 1. The second kappa shape index (κ2) is 6.21. The Morgan fingerprint density at radius 1 is 1.33 bits per heavy atom. The molecule has 0 aliphatic rings. The topological polar surface area (TPSA) is 110 Å². The first kappa shape index (κ1) is 17.1. The van der Waals surface area contributed by atoms with E-state index in [1.54, 1.807) is 20.8 Å². The first-order valence-corrected chi connectivity index (χ1v) is 6.80. The fourth-order valence-corrected chi connectivity index (χ4v) is 2.15. The molecule has 0 saturated heterocycles. The molecule has 7 nitrogen and oxygen atoms in total. The lowest BCUT2D eigenvalue weighted by molar-refractivity contribution is -0.385. The molecular weight excluding hydrogens is 344 g/mol. The second-order valence-corrected chi connectivity index (χ2v) is 6.48. The van der Waals surface area contributed by atoms with Crippen LogP contribution in [0.4, 0.5) is 5.69 Å². The number of non-ortho nitro benzene ring substituents is 1. The van der Waals surface area contributed by atoms with E-state index in [4.69, 9.17) is 5.11 Å². The molecule has 0 fully saturated rings. The molecule has 0 aromatic heterocycles. The van der Waals surface area contributed by atoms with Gasteiger partial charge >= 0.3 is 5.97 Å². The summed E-state index contributed by atoms with van der Waals surface area (Å²) in [7, 11) is 0. The molecule has 0 bridgehead atoms. The number of hydrogen-bond donors (Lipinski definition) is 2. The molecular formula is C13H15BrN2O5. The van der Waals surface area contributed by atoms with Gasteiger partial charge in [0.1, 0.15) is 6.04 Å². The van der Waals surface area contributed by atoms with E-state index >= 15 is 0 Å². The van der Waals surface area contributed by atoms with Crippen LogP contribution in [0.15, 0.2) is 22.7 Å². The lowest BCUT2D eigenvalue weighted by atomic mass is 9.86. The number of carbonyl (C=O) groups excluding carboxylic acids is 1. The molecule has 1 aromatic rings. The minimum absolute atomic E-state index is 0.0200. The summed E-state index contributed by atoms with van der Waals surface area (Å²) >= 11 is 3.08. The fraction of sp³-hybridized carbons (Fsp3) is 0.385. The quantitative estimate of drug-likeness (QED) is 0.634. The van der Waals surface area contributed by atoms with Crippen LogP contribution >= 0.6 is 15.9 Å². The third-order valence-corrected chi connectivity index (χ3v) is 3.20. The summed E-state index contributed by atoms with van der Waals surface area (Å²) < 4.78 is 0.365. The van der Waals surface area contributed by atoms with Gasteiger partial charge in [0.2, 0.25) is 0 Å². The van der Waals surface area contributed by atoms with Gasteiger partial charge in [0.15, 0.2) is 0 Å². The molecule has 21 heavy (non-hydrogen) atoms. The van der Waals surface area contributed by atoms with Crippen molar-refractivity contribution in [2.24, 2.45) is 5.41 Å². The normalized spacial score (nSPS) is 12.6. The Balaban J connectivity index is 3.09. The number of carboxylic acid groups (broad SMARTS) is 1. The van der Waals surface area contributed by atoms with E-state index in [1.165, 1.54) is 12.1 Å². The van der Waals surface area contributed by atoms with Crippen molar-refractivity contribution in [2.75, 3.05) is 0 Å². The zero-order valence-corrected chi connectivity index (χ0v) is 13.3. The molecule has 0 aliphatic heterocycles. The van der Waals surface area contributed by atoms with Crippen molar-refractivity contribution in [2.45, 2.75) is 26.8 Å². The van der Waals surface area contributed by atoms with E-state index in [9.17, 15) is 19.7 Å². The van der Waals surface area contributed by atoms with Gasteiger partial charge in [-0.15, -0.1) is 0 Å². The highest BCUT2D eigenvalue weighted by molar-refractivity contribution is 9.10. The van der Waals surface area contributed by atoms with Crippen molar-refractivity contribution in [3.63, 3.8) is 0 Å². The maximum atomic E-state index is 12.1. The average molecular weight is 359 g/mol. The Morgan fingerprint density at radius 2 is 1.90 bits per heavy atom. The molecule has 0 spiro atoms. The maximum absolute atomic E-state index is 12.1. The predicted molar refractivity (Wildman–Crippen MR) is 79.1 cm³/mol. The summed E-state index contributed by atoms with van der Waals surface area (Å²) in [5, 5.41) is 22.3. The number of halogens is 1. The summed E-state index contributed by atoms with van der Waals surface area (Å²) in [5.41, 5.74) is -0.928. The number of aliphatic carboxylic acids is 1. The van der Waals surface area contributed by atoms with E-state index in [1.807, 2.05) is 0 Å². The monoisotopic (exact) mass is 358 g/mol. The minimum atomic E-state index is -1.17. The maximum Gasteiger partial charge on any atom is 0.326 e. The standard InChI is InChI=1S/C13H15BrN2O5/c1-13(2,3)10(12(18)19)15-11(17)7-4-8(14)6-9(5-7)16(20)21/h4-6,10H,1-3H3,(H,15,17)(H,18,19)/t10-/m1/s1. The Bertz CT molecular complexity index is 595. The Labute approximate surface area is 129 Å². The molecule has 1 rings (SSSR count). The van der Waals surface area contributed by atoms with Gasteiger partial charge in [-0.25, -0.2) is 4.79 Å². The lowest BCUT2D eigenvalue weighted by Crippen LogP contribution is -2.49. The van der Waals surface area contributed by atoms with E-state index in [-0.39, 0.29) is 11.3 Å². The molecule has 114 valence electrons. The highest BCUT2D eigenvalue weighted by atomic mass is 79.9. The molecule has 0 aliphatic carbocycles. The van der Waals surface area contributed by atoms with Crippen LogP contribution in [-0.4, -0.2) is 27.9 Å². The molecule has 0 unspecified atom stereocenters. The lowest BCUT2D eigenvalue weighted by Gasteiger charge is -2.27. The molecule has 2 N–H and O–H groups in total. The largest absolute Gasteiger partial charge is 0.480 e. The fourth-order valence-electron chi connectivity index (χ4n) is 1.67. The zero-order chi connectivity index (χ0) is 16.4. The summed E-state index contributed by atoms with van der Waals surface area (Å²) in [4.78, 5) is 33.5. The van der Waals surface area contributed by atoms with Crippen LogP contribution in [0, 0.1) is 15.5 Å². The van der Waals surface area contributed by atoms with Crippen molar-refractivity contribution >= 4 is 33.5 Å². The number of rotatable bonds is 4. The first-order valence-electron chi connectivity index (χ1n) is 6.01. The van der Waals surface area contributed by atoms with Crippen LogP contribution in [0.2, 0.25) is 0 Å². The van der Waals surface area contributed by atoms with E-state index in [2.05, 4.69) is 21.2 Å². The van der Waals surface area contributed by atoms with Gasteiger partial charge in [-0.1, -0.05) is 36.7 Å². The van der Waals surface area contributed by atoms with Crippen LogP contribution < -0.4 is 5.32 Å².